The Kier molecular flexibility index (Phi) is 4.04. The normalized spacial score (nSPS) is 12.6. The van der Waals surface area contributed by atoms with Crippen LogP contribution in [0.4, 0.5) is 0 Å². The molecule has 0 saturated heterocycles. The predicted molar refractivity (Wildman–Crippen MR) is 84.6 cm³/mol. The molecule has 0 aliphatic rings. The minimum absolute atomic E-state index is 0.350. The Hall–Kier alpha value is -1.17. The van der Waals surface area contributed by atoms with Crippen LogP contribution in [0.3, 0.4) is 0 Å². The maximum atomic E-state index is 12.2. The van der Waals surface area contributed by atoms with E-state index in [9.17, 15) is 8.42 Å². The molecule has 1 heterocycles. The summed E-state index contributed by atoms with van der Waals surface area (Å²) in [6.45, 7) is 7.53. The molecule has 0 bridgehead atoms. The lowest BCUT2D eigenvalue weighted by Crippen LogP contribution is -2.40. The summed E-state index contributed by atoms with van der Waals surface area (Å²) in [6.07, 6.45) is 0. The van der Waals surface area contributed by atoms with Gasteiger partial charge >= 0.3 is 0 Å². The highest BCUT2D eigenvalue weighted by Gasteiger charge is 2.23. The number of rotatable bonds is 3. The van der Waals surface area contributed by atoms with Crippen LogP contribution in [-0.2, 0) is 10.0 Å². The van der Waals surface area contributed by atoms with E-state index in [1.54, 1.807) is 6.07 Å². The van der Waals surface area contributed by atoms with Crippen LogP contribution in [0.25, 0.3) is 10.4 Å². The fraction of sp³-hybridized carbons (Fsp3) is 0.333. The molecule has 0 aliphatic carbocycles. The van der Waals surface area contributed by atoms with E-state index in [0.29, 0.717) is 4.21 Å². The average molecular weight is 309 g/mol. The number of hydrogen-bond donors (Lipinski definition) is 1. The van der Waals surface area contributed by atoms with Gasteiger partial charge in [-0.25, -0.2) is 13.1 Å². The van der Waals surface area contributed by atoms with Crippen LogP contribution in [-0.4, -0.2) is 14.0 Å². The van der Waals surface area contributed by atoms with Crippen molar-refractivity contribution >= 4 is 21.4 Å². The molecule has 2 aromatic rings. The number of sulfonamides is 1. The number of benzene rings is 1. The highest BCUT2D eigenvalue weighted by Crippen LogP contribution is 2.31. The zero-order chi connectivity index (χ0) is 15.0. The monoisotopic (exact) mass is 309 g/mol. The van der Waals surface area contributed by atoms with Crippen molar-refractivity contribution in [3.63, 3.8) is 0 Å². The summed E-state index contributed by atoms with van der Waals surface area (Å²) in [5.41, 5.74) is 1.75. The Labute approximate surface area is 124 Å². The Bertz CT molecular complexity index is 692. The van der Waals surface area contributed by atoms with Crippen LogP contribution in [0.1, 0.15) is 26.3 Å². The smallest absolute Gasteiger partial charge is 0.206 e. The summed E-state index contributed by atoms with van der Waals surface area (Å²) >= 11 is 1.29. The van der Waals surface area contributed by atoms with Crippen molar-refractivity contribution in [3.05, 3.63) is 42.0 Å². The molecule has 1 N–H and O–H groups in total. The number of thiophene rings is 1. The Balaban J connectivity index is 2.31. The Morgan fingerprint density at radius 2 is 1.60 bits per heavy atom. The van der Waals surface area contributed by atoms with Crippen LogP contribution in [0.5, 0.6) is 0 Å². The van der Waals surface area contributed by atoms with E-state index >= 15 is 0 Å². The third kappa shape index (κ3) is 3.69. The van der Waals surface area contributed by atoms with Crippen molar-refractivity contribution in [1.29, 1.82) is 0 Å². The second-order valence-corrected chi connectivity index (χ2v) is 8.83. The number of aryl methyl sites for hydroxylation is 1. The van der Waals surface area contributed by atoms with E-state index in [2.05, 4.69) is 4.72 Å². The summed E-state index contributed by atoms with van der Waals surface area (Å²) in [5, 5.41) is 0. The van der Waals surface area contributed by atoms with Crippen molar-refractivity contribution in [2.45, 2.75) is 37.4 Å². The van der Waals surface area contributed by atoms with Crippen LogP contribution < -0.4 is 4.72 Å². The van der Waals surface area contributed by atoms with Crippen LogP contribution in [0, 0.1) is 6.92 Å². The highest BCUT2D eigenvalue weighted by atomic mass is 32.2. The maximum Gasteiger partial charge on any atom is 0.250 e. The van der Waals surface area contributed by atoms with Gasteiger partial charge in [-0.3, -0.25) is 0 Å². The van der Waals surface area contributed by atoms with Crippen LogP contribution in [0.2, 0.25) is 0 Å². The van der Waals surface area contributed by atoms with Gasteiger partial charge in [0.1, 0.15) is 4.21 Å². The molecule has 0 radical (unpaired) electrons. The molecular formula is C15H19NO2S2. The lowest BCUT2D eigenvalue weighted by Gasteiger charge is -2.19. The van der Waals surface area contributed by atoms with Crippen molar-refractivity contribution in [2.24, 2.45) is 0 Å². The standard InChI is InChI=1S/C15H19NO2S2/c1-11-5-7-12(8-6-11)13-9-10-14(19-13)20(17,18)16-15(2,3)4/h5-10,16H,1-4H3. The molecule has 0 saturated carbocycles. The van der Waals surface area contributed by atoms with Gasteiger partial charge in [0.15, 0.2) is 0 Å². The first-order valence-corrected chi connectivity index (χ1v) is 8.68. The lowest BCUT2D eigenvalue weighted by atomic mass is 10.1. The second kappa shape index (κ2) is 5.31. The maximum absolute atomic E-state index is 12.2. The van der Waals surface area contributed by atoms with Gasteiger partial charge in [-0.1, -0.05) is 29.8 Å². The highest BCUT2D eigenvalue weighted by molar-refractivity contribution is 7.91. The fourth-order valence-electron chi connectivity index (χ4n) is 1.79. The zero-order valence-corrected chi connectivity index (χ0v) is 13.7. The first kappa shape index (κ1) is 15.2. The van der Waals surface area contributed by atoms with Gasteiger partial charge in [0.05, 0.1) is 0 Å². The van der Waals surface area contributed by atoms with Gasteiger partial charge in [0.2, 0.25) is 0 Å². The predicted octanol–water partition coefficient (Wildman–Crippen LogP) is 3.80. The average Bonchev–Trinajstić information content (AvgIpc) is 2.76. The quantitative estimate of drug-likeness (QED) is 0.937. The molecule has 0 fully saturated rings. The third-order valence-electron chi connectivity index (χ3n) is 2.62. The van der Waals surface area contributed by atoms with Crippen LogP contribution >= 0.6 is 11.3 Å². The van der Waals surface area contributed by atoms with Gasteiger partial charge in [-0.15, -0.1) is 11.3 Å². The summed E-state index contributed by atoms with van der Waals surface area (Å²) in [5.74, 6) is 0. The van der Waals surface area contributed by atoms with E-state index in [1.165, 1.54) is 16.9 Å². The molecule has 108 valence electrons. The third-order valence-corrected chi connectivity index (χ3v) is 6.01. The molecule has 3 nitrogen and oxygen atoms in total. The van der Waals surface area contributed by atoms with E-state index in [-0.39, 0.29) is 0 Å². The van der Waals surface area contributed by atoms with Crippen molar-refractivity contribution in [1.82, 2.24) is 4.72 Å². The SMILES string of the molecule is Cc1ccc(-c2ccc(S(=O)(=O)NC(C)(C)C)s2)cc1. The van der Waals surface area contributed by atoms with Gasteiger partial charge in [-0.05, 0) is 45.4 Å². The van der Waals surface area contributed by atoms with Gasteiger partial charge in [0, 0.05) is 10.4 Å². The molecule has 20 heavy (non-hydrogen) atoms. The summed E-state index contributed by atoms with van der Waals surface area (Å²) in [6, 6.07) is 11.6. The molecule has 1 aromatic heterocycles. The minimum Gasteiger partial charge on any atom is -0.206 e. The summed E-state index contributed by atoms with van der Waals surface area (Å²) < 4.78 is 27.5. The molecule has 0 aliphatic heterocycles. The number of hydrogen-bond acceptors (Lipinski definition) is 3. The summed E-state index contributed by atoms with van der Waals surface area (Å²) in [7, 11) is -3.44. The van der Waals surface area contributed by atoms with Gasteiger partial charge in [0.25, 0.3) is 10.0 Å². The molecule has 0 atom stereocenters. The molecule has 5 heteroatoms. The van der Waals surface area contributed by atoms with Crippen LogP contribution in [0.15, 0.2) is 40.6 Å². The minimum atomic E-state index is -3.44. The fourth-order valence-corrected chi connectivity index (χ4v) is 4.52. The van der Waals surface area contributed by atoms with Crippen molar-refractivity contribution in [3.8, 4) is 10.4 Å². The van der Waals surface area contributed by atoms with Crippen molar-refractivity contribution < 1.29 is 8.42 Å². The first-order valence-electron chi connectivity index (χ1n) is 6.38. The zero-order valence-electron chi connectivity index (χ0n) is 12.1. The van der Waals surface area contributed by atoms with Gasteiger partial charge in [-0.2, -0.15) is 0 Å². The van der Waals surface area contributed by atoms with E-state index < -0.39 is 15.6 Å². The van der Waals surface area contributed by atoms with Gasteiger partial charge < -0.3 is 0 Å². The lowest BCUT2D eigenvalue weighted by molar-refractivity contribution is 0.492. The number of nitrogens with one attached hydrogen (secondary N) is 1. The van der Waals surface area contributed by atoms with E-state index in [0.717, 1.165) is 10.4 Å². The summed E-state index contributed by atoms with van der Waals surface area (Å²) in [4.78, 5) is 0.958. The first-order chi connectivity index (χ1) is 9.17. The molecule has 0 amide bonds. The molecule has 1 aromatic carbocycles. The largest absolute Gasteiger partial charge is 0.250 e. The molecule has 2 rings (SSSR count). The molecule has 0 spiro atoms. The second-order valence-electron chi connectivity index (χ2n) is 5.84. The Morgan fingerprint density at radius 1 is 1.00 bits per heavy atom. The molecular weight excluding hydrogens is 290 g/mol. The molecule has 0 unspecified atom stereocenters. The van der Waals surface area contributed by atoms with Crippen molar-refractivity contribution in [2.75, 3.05) is 0 Å². The topological polar surface area (TPSA) is 46.2 Å². The van der Waals surface area contributed by atoms with E-state index in [4.69, 9.17) is 0 Å². The Morgan fingerprint density at radius 3 is 2.15 bits per heavy atom. The van der Waals surface area contributed by atoms with E-state index in [1.807, 2.05) is 58.0 Å².